The standard InChI is InChI=1S/C18H22N4O2/c23-17(12-20-18(24)13-6-2-1-3-7-13)22-21-11-14-10-19-16-9-5-4-8-15(14)16/h4-5,8-11,13,19H,1-3,6-7,12H2,(H,20,24)(H,22,23)/b21-11+. The first-order valence-corrected chi connectivity index (χ1v) is 8.40. The Labute approximate surface area is 140 Å². The SMILES string of the molecule is O=C(CNC(=O)C1CCCCC1)N/N=C/c1c[nH]c2ccccc12. The van der Waals surface area contributed by atoms with Crippen LogP contribution in [0.25, 0.3) is 10.9 Å². The van der Waals surface area contributed by atoms with E-state index in [4.69, 9.17) is 0 Å². The molecule has 1 fully saturated rings. The maximum atomic E-state index is 12.0. The number of aromatic nitrogens is 1. The van der Waals surface area contributed by atoms with Crippen molar-refractivity contribution >= 4 is 28.9 Å². The number of hydrogen-bond donors (Lipinski definition) is 3. The third-order valence-corrected chi connectivity index (χ3v) is 4.41. The Balaban J connectivity index is 1.46. The maximum absolute atomic E-state index is 12.0. The lowest BCUT2D eigenvalue weighted by Gasteiger charge is -2.20. The van der Waals surface area contributed by atoms with Gasteiger partial charge in [0.1, 0.15) is 0 Å². The van der Waals surface area contributed by atoms with Gasteiger partial charge in [0.25, 0.3) is 5.91 Å². The van der Waals surface area contributed by atoms with E-state index >= 15 is 0 Å². The summed E-state index contributed by atoms with van der Waals surface area (Å²) in [4.78, 5) is 26.9. The number of aromatic amines is 1. The highest BCUT2D eigenvalue weighted by Gasteiger charge is 2.21. The van der Waals surface area contributed by atoms with E-state index in [1.54, 1.807) is 6.21 Å². The third kappa shape index (κ3) is 4.01. The molecule has 1 saturated carbocycles. The Kier molecular flexibility index (Phi) is 5.25. The van der Waals surface area contributed by atoms with Crippen LogP contribution < -0.4 is 10.7 Å². The van der Waals surface area contributed by atoms with Crippen molar-refractivity contribution in [2.75, 3.05) is 6.54 Å². The minimum Gasteiger partial charge on any atom is -0.361 e. The fraction of sp³-hybridized carbons (Fsp3) is 0.389. The molecule has 2 amide bonds. The number of amides is 2. The smallest absolute Gasteiger partial charge is 0.259 e. The van der Waals surface area contributed by atoms with Gasteiger partial charge in [0, 0.05) is 28.6 Å². The molecule has 6 nitrogen and oxygen atoms in total. The van der Waals surface area contributed by atoms with Gasteiger partial charge in [-0.05, 0) is 18.9 Å². The normalized spacial score (nSPS) is 15.7. The number of carbonyl (C=O) groups is 2. The summed E-state index contributed by atoms with van der Waals surface area (Å²) in [6.45, 7) is -0.0411. The molecule has 24 heavy (non-hydrogen) atoms. The minimum atomic E-state index is -0.324. The lowest BCUT2D eigenvalue weighted by atomic mass is 9.89. The van der Waals surface area contributed by atoms with Crippen molar-refractivity contribution in [3.8, 4) is 0 Å². The number of benzene rings is 1. The van der Waals surface area contributed by atoms with Crippen LogP contribution in [0.2, 0.25) is 0 Å². The van der Waals surface area contributed by atoms with E-state index in [2.05, 4.69) is 20.8 Å². The number of para-hydroxylation sites is 1. The first-order valence-electron chi connectivity index (χ1n) is 8.40. The van der Waals surface area contributed by atoms with E-state index in [9.17, 15) is 9.59 Å². The van der Waals surface area contributed by atoms with Crippen molar-refractivity contribution in [1.82, 2.24) is 15.7 Å². The van der Waals surface area contributed by atoms with Crippen LogP contribution in [0, 0.1) is 5.92 Å². The molecule has 3 N–H and O–H groups in total. The van der Waals surface area contributed by atoms with Crippen molar-refractivity contribution in [2.45, 2.75) is 32.1 Å². The second-order valence-corrected chi connectivity index (χ2v) is 6.14. The van der Waals surface area contributed by atoms with E-state index < -0.39 is 0 Å². The largest absolute Gasteiger partial charge is 0.361 e. The molecule has 0 unspecified atom stereocenters. The van der Waals surface area contributed by atoms with E-state index in [1.807, 2.05) is 30.5 Å². The highest BCUT2D eigenvalue weighted by atomic mass is 16.2. The van der Waals surface area contributed by atoms with Gasteiger partial charge in [0.2, 0.25) is 5.91 Å². The molecule has 126 valence electrons. The molecule has 3 rings (SSSR count). The van der Waals surface area contributed by atoms with Crippen LogP contribution >= 0.6 is 0 Å². The zero-order chi connectivity index (χ0) is 16.8. The van der Waals surface area contributed by atoms with Gasteiger partial charge in [0.15, 0.2) is 0 Å². The van der Waals surface area contributed by atoms with Crippen LogP contribution in [0.5, 0.6) is 0 Å². The third-order valence-electron chi connectivity index (χ3n) is 4.41. The van der Waals surface area contributed by atoms with Crippen molar-refractivity contribution < 1.29 is 9.59 Å². The summed E-state index contributed by atoms with van der Waals surface area (Å²) < 4.78 is 0. The molecule has 6 heteroatoms. The molecule has 1 aromatic carbocycles. The number of fused-ring (bicyclic) bond motifs is 1. The monoisotopic (exact) mass is 326 g/mol. The van der Waals surface area contributed by atoms with Gasteiger partial charge >= 0.3 is 0 Å². The lowest BCUT2D eigenvalue weighted by molar-refractivity contribution is -0.129. The molecule has 1 aliphatic rings. The number of nitrogens with one attached hydrogen (secondary N) is 3. The lowest BCUT2D eigenvalue weighted by Crippen LogP contribution is -2.38. The Bertz CT molecular complexity index is 744. The molecular formula is C18H22N4O2. The van der Waals surface area contributed by atoms with Crippen molar-refractivity contribution in [1.29, 1.82) is 0 Å². The van der Waals surface area contributed by atoms with Crippen LogP contribution in [-0.4, -0.2) is 29.6 Å². The van der Waals surface area contributed by atoms with Crippen LogP contribution in [0.3, 0.4) is 0 Å². The molecule has 0 saturated heterocycles. The minimum absolute atomic E-state index is 0.0227. The molecule has 2 aromatic rings. The van der Waals surface area contributed by atoms with Crippen molar-refractivity contribution in [3.63, 3.8) is 0 Å². The fourth-order valence-electron chi connectivity index (χ4n) is 3.09. The molecule has 0 aliphatic heterocycles. The summed E-state index contributed by atoms with van der Waals surface area (Å²) in [5.41, 5.74) is 4.36. The Morgan fingerprint density at radius 1 is 1.21 bits per heavy atom. The van der Waals surface area contributed by atoms with Gasteiger partial charge in [-0.25, -0.2) is 5.43 Å². The maximum Gasteiger partial charge on any atom is 0.259 e. The second-order valence-electron chi connectivity index (χ2n) is 6.14. The van der Waals surface area contributed by atoms with E-state index in [0.29, 0.717) is 0 Å². The summed E-state index contributed by atoms with van der Waals surface area (Å²) in [6, 6.07) is 7.87. The number of H-pyrrole nitrogens is 1. The molecule has 0 bridgehead atoms. The van der Waals surface area contributed by atoms with Crippen LogP contribution in [-0.2, 0) is 9.59 Å². The number of hydrazone groups is 1. The Morgan fingerprint density at radius 3 is 2.83 bits per heavy atom. The van der Waals surface area contributed by atoms with Crippen LogP contribution in [0.1, 0.15) is 37.7 Å². The summed E-state index contributed by atoms with van der Waals surface area (Å²) in [5, 5.41) is 7.70. The zero-order valence-electron chi connectivity index (χ0n) is 13.5. The number of rotatable bonds is 5. The van der Waals surface area contributed by atoms with Gasteiger partial charge in [0.05, 0.1) is 12.8 Å². The summed E-state index contributed by atoms with van der Waals surface area (Å²) in [7, 11) is 0. The Hall–Kier alpha value is -2.63. The predicted octanol–water partition coefficient (Wildman–Crippen LogP) is 2.31. The molecule has 1 aliphatic carbocycles. The van der Waals surface area contributed by atoms with Gasteiger partial charge < -0.3 is 10.3 Å². The average Bonchev–Trinajstić information content (AvgIpc) is 3.04. The highest BCUT2D eigenvalue weighted by Crippen LogP contribution is 2.23. The van der Waals surface area contributed by atoms with Gasteiger partial charge in [-0.15, -0.1) is 0 Å². The molecule has 0 atom stereocenters. The van der Waals surface area contributed by atoms with E-state index in [-0.39, 0.29) is 24.3 Å². The summed E-state index contributed by atoms with van der Waals surface area (Å²) >= 11 is 0. The predicted molar refractivity (Wildman–Crippen MR) is 93.6 cm³/mol. The fourth-order valence-corrected chi connectivity index (χ4v) is 3.09. The van der Waals surface area contributed by atoms with E-state index in [0.717, 1.165) is 42.1 Å². The summed E-state index contributed by atoms with van der Waals surface area (Å²) in [6.07, 6.45) is 8.68. The highest BCUT2D eigenvalue weighted by molar-refractivity contribution is 5.99. The van der Waals surface area contributed by atoms with Crippen LogP contribution in [0.4, 0.5) is 0 Å². The molecule has 1 heterocycles. The van der Waals surface area contributed by atoms with Crippen LogP contribution in [0.15, 0.2) is 35.6 Å². The number of carbonyl (C=O) groups excluding carboxylic acids is 2. The van der Waals surface area contributed by atoms with Crippen molar-refractivity contribution in [2.24, 2.45) is 11.0 Å². The molecular weight excluding hydrogens is 304 g/mol. The average molecular weight is 326 g/mol. The summed E-state index contributed by atoms with van der Waals surface area (Å²) in [5.74, 6) is -0.290. The quantitative estimate of drug-likeness (QED) is 0.582. The van der Waals surface area contributed by atoms with Gasteiger partial charge in [-0.3, -0.25) is 9.59 Å². The van der Waals surface area contributed by atoms with Gasteiger partial charge in [-0.1, -0.05) is 37.5 Å². The number of nitrogens with zero attached hydrogens (tertiary/aromatic N) is 1. The first kappa shape index (κ1) is 16.2. The molecule has 0 radical (unpaired) electrons. The van der Waals surface area contributed by atoms with Gasteiger partial charge in [-0.2, -0.15) is 5.10 Å². The van der Waals surface area contributed by atoms with Crippen molar-refractivity contribution in [3.05, 3.63) is 36.0 Å². The molecule has 0 spiro atoms. The second kappa shape index (κ2) is 7.77. The first-order chi connectivity index (χ1) is 11.7. The topological polar surface area (TPSA) is 86.3 Å². The zero-order valence-corrected chi connectivity index (χ0v) is 13.5. The van der Waals surface area contributed by atoms with E-state index in [1.165, 1.54) is 6.42 Å². The number of hydrogen-bond acceptors (Lipinski definition) is 3. The Morgan fingerprint density at radius 2 is 2.00 bits per heavy atom. The molecule has 1 aromatic heterocycles.